The number of carbonyl (C=O) groups excluding carboxylic acids is 1. The Hall–Kier alpha value is -2.56. The van der Waals surface area contributed by atoms with E-state index in [0.717, 1.165) is 5.56 Å². The van der Waals surface area contributed by atoms with Gasteiger partial charge in [0, 0.05) is 19.7 Å². The van der Waals surface area contributed by atoms with Crippen LogP contribution in [0.2, 0.25) is 0 Å². The van der Waals surface area contributed by atoms with Crippen molar-refractivity contribution < 1.29 is 13.9 Å². The SMILES string of the molecule is CCOc1cc(F)ccc1NC(=O)N(C)Cc1ccccc1. The monoisotopic (exact) mass is 302 g/mol. The molecule has 0 aliphatic heterocycles. The van der Waals surface area contributed by atoms with E-state index in [2.05, 4.69) is 5.32 Å². The van der Waals surface area contributed by atoms with Gasteiger partial charge in [-0.2, -0.15) is 0 Å². The van der Waals surface area contributed by atoms with Crippen LogP contribution in [0.1, 0.15) is 12.5 Å². The lowest BCUT2D eigenvalue weighted by Crippen LogP contribution is -2.31. The molecule has 0 aliphatic carbocycles. The van der Waals surface area contributed by atoms with E-state index >= 15 is 0 Å². The van der Waals surface area contributed by atoms with Gasteiger partial charge in [0.25, 0.3) is 0 Å². The summed E-state index contributed by atoms with van der Waals surface area (Å²) in [7, 11) is 1.70. The van der Waals surface area contributed by atoms with E-state index in [1.807, 2.05) is 30.3 Å². The van der Waals surface area contributed by atoms with Crippen LogP contribution >= 0.6 is 0 Å². The predicted molar refractivity (Wildman–Crippen MR) is 84.5 cm³/mol. The summed E-state index contributed by atoms with van der Waals surface area (Å²) in [5, 5.41) is 2.74. The molecule has 22 heavy (non-hydrogen) atoms. The number of amides is 2. The van der Waals surface area contributed by atoms with Crippen molar-refractivity contribution in [1.82, 2.24) is 4.90 Å². The zero-order valence-corrected chi connectivity index (χ0v) is 12.7. The summed E-state index contributed by atoms with van der Waals surface area (Å²) in [4.78, 5) is 13.8. The van der Waals surface area contributed by atoms with Gasteiger partial charge in [0.15, 0.2) is 0 Å². The van der Waals surface area contributed by atoms with Crippen molar-refractivity contribution in [2.45, 2.75) is 13.5 Å². The Morgan fingerprint density at radius 1 is 1.23 bits per heavy atom. The lowest BCUT2D eigenvalue weighted by Gasteiger charge is -2.19. The molecule has 0 bridgehead atoms. The van der Waals surface area contributed by atoms with Gasteiger partial charge in [-0.3, -0.25) is 0 Å². The van der Waals surface area contributed by atoms with Crippen LogP contribution in [0, 0.1) is 5.82 Å². The van der Waals surface area contributed by atoms with Crippen LogP contribution in [-0.4, -0.2) is 24.6 Å². The number of ether oxygens (including phenoxy) is 1. The second-order valence-corrected chi connectivity index (χ2v) is 4.85. The topological polar surface area (TPSA) is 41.6 Å². The molecule has 116 valence electrons. The third-order valence-corrected chi connectivity index (χ3v) is 3.09. The molecule has 2 rings (SSSR count). The molecule has 0 aliphatic rings. The van der Waals surface area contributed by atoms with Crippen LogP contribution in [-0.2, 0) is 6.54 Å². The van der Waals surface area contributed by atoms with Crippen LogP contribution in [0.15, 0.2) is 48.5 Å². The number of hydrogen-bond acceptors (Lipinski definition) is 2. The van der Waals surface area contributed by atoms with Crippen molar-refractivity contribution in [2.75, 3.05) is 19.0 Å². The lowest BCUT2D eigenvalue weighted by molar-refractivity contribution is 0.220. The van der Waals surface area contributed by atoms with Gasteiger partial charge in [-0.05, 0) is 24.6 Å². The molecule has 2 aromatic rings. The number of halogens is 1. The van der Waals surface area contributed by atoms with Crippen molar-refractivity contribution in [3.63, 3.8) is 0 Å². The lowest BCUT2D eigenvalue weighted by atomic mass is 10.2. The first kappa shape index (κ1) is 15.8. The van der Waals surface area contributed by atoms with Crippen molar-refractivity contribution >= 4 is 11.7 Å². The maximum absolute atomic E-state index is 13.3. The van der Waals surface area contributed by atoms with E-state index in [1.165, 1.54) is 18.2 Å². The number of nitrogens with zero attached hydrogens (tertiary/aromatic N) is 1. The van der Waals surface area contributed by atoms with Crippen molar-refractivity contribution in [3.8, 4) is 5.75 Å². The standard InChI is InChI=1S/C17H19FN2O2/c1-3-22-16-11-14(18)9-10-15(16)19-17(21)20(2)12-13-7-5-4-6-8-13/h4-11H,3,12H2,1-2H3,(H,19,21). The van der Waals surface area contributed by atoms with Crippen LogP contribution in [0.4, 0.5) is 14.9 Å². The van der Waals surface area contributed by atoms with Crippen LogP contribution < -0.4 is 10.1 Å². The number of anilines is 1. The van der Waals surface area contributed by atoms with Gasteiger partial charge < -0.3 is 15.0 Å². The molecule has 5 heteroatoms. The van der Waals surface area contributed by atoms with Gasteiger partial charge >= 0.3 is 6.03 Å². The Morgan fingerprint density at radius 2 is 1.95 bits per heavy atom. The maximum Gasteiger partial charge on any atom is 0.321 e. The van der Waals surface area contributed by atoms with Crippen molar-refractivity contribution in [1.29, 1.82) is 0 Å². The third-order valence-electron chi connectivity index (χ3n) is 3.09. The zero-order chi connectivity index (χ0) is 15.9. The number of carbonyl (C=O) groups is 1. The first-order valence-corrected chi connectivity index (χ1v) is 7.08. The number of hydrogen-bond donors (Lipinski definition) is 1. The predicted octanol–water partition coefficient (Wildman–Crippen LogP) is 3.89. The summed E-state index contributed by atoms with van der Waals surface area (Å²) in [5.74, 6) is -0.0805. The highest BCUT2D eigenvalue weighted by molar-refractivity contribution is 5.90. The maximum atomic E-state index is 13.3. The summed E-state index contributed by atoms with van der Waals surface area (Å²) in [5.41, 5.74) is 1.48. The summed E-state index contributed by atoms with van der Waals surface area (Å²) in [6, 6.07) is 13.4. The molecule has 4 nitrogen and oxygen atoms in total. The summed E-state index contributed by atoms with van der Waals surface area (Å²) in [6.45, 7) is 2.68. The number of rotatable bonds is 5. The summed E-state index contributed by atoms with van der Waals surface area (Å²) < 4.78 is 18.6. The minimum Gasteiger partial charge on any atom is -0.492 e. The van der Waals surface area contributed by atoms with Gasteiger partial charge in [-0.1, -0.05) is 30.3 Å². The second kappa shape index (κ2) is 7.45. The molecule has 0 heterocycles. The minimum atomic E-state index is -0.404. The van der Waals surface area contributed by atoms with Gasteiger partial charge in [-0.15, -0.1) is 0 Å². The molecule has 0 aromatic heterocycles. The smallest absolute Gasteiger partial charge is 0.321 e. The Morgan fingerprint density at radius 3 is 2.64 bits per heavy atom. The van der Waals surface area contributed by atoms with E-state index in [4.69, 9.17) is 4.74 Å². The summed E-state index contributed by atoms with van der Waals surface area (Å²) >= 11 is 0. The van der Waals surface area contributed by atoms with E-state index < -0.39 is 5.82 Å². The van der Waals surface area contributed by atoms with Gasteiger partial charge in [0.05, 0.1) is 12.3 Å². The Labute approximate surface area is 129 Å². The highest BCUT2D eigenvalue weighted by Crippen LogP contribution is 2.25. The first-order chi connectivity index (χ1) is 10.6. The molecule has 2 amide bonds. The number of benzene rings is 2. The van der Waals surface area contributed by atoms with Crippen molar-refractivity contribution in [2.24, 2.45) is 0 Å². The Balaban J connectivity index is 2.05. The number of nitrogens with one attached hydrogen (secondary N) is 1. The molecule has 0 unspecified atom stereocenters. The fraction of sp³-hybridized carbons (Fsp3) is 0.235. The molecule has 2 aromatic carbocycles. The average molecular weight is 302 g/mol. The second-order valence-electron chi connectivity index (χ2n) is 4.85. The zero-order valence-electron chi connectivity index (χ0n) is 12.7. The minimum absolute atomic E-state index is 0.281. The normalized spacial score (nSPS) is 10.1. The van der Waals surface area contributed by atoms with E-state index in [-0.39, 0.29) is 6.03 Å². The van der Waals surface area contributed by atoms with E-state index in [9.17, 15) is 9.18 Å². The van der Waals surface area contributed by atoms with Crippen LogP contribution in [0.5, 0.6) is 5.75 Å². The third kappa shape index (κ3) is 4.22. The van der Waals surface area contributed by atoms with Gasteiger partial charge in [0.2, 0.25) is 0 Å². The van der Waals surface area contributed by atoms with Crippen LogP contribution in [0.25, 0.3) is 0 Å². The quantitative estimate of drug-likeness (QED) is 0.910. The van der Waals surface area contributed by atoms with Gasteiger partial charge in [0.1, 0.15) is 11.6 Å². The largest absolute Gasteiger partial charge is 0.492 e. The first-order valence-electron chi connectivity index (χ1n) is 7.08. The average Bonchev–Trinajstić information content (AvgIpc) is 2.51. The molecule has 0 saturated carbocycles. The molecule has 0 radical (unpaired) electrons. The van der Waals surface area contributed by atoms with E-state index in [1.54, 1.807) is 18.9 Å². The molecular weight excluding hydrogens is 283 g/mol. The number of urea groups is 1. The molecule has 1 N–H and O–H groups in total. The van der Waals surface area contributed by atoms with E-state index in [0.29, 0.717) is 24.6 Å². The molecule has 0 saturated heterocycles. The highest BCUT2D eigenvalue weighted by atomic mass is 19.1. The molecule has 0 atom stereocenters. The van der Waals surface area contributed by atoms with Crippen LogP contribution in [0.3, 0.4) is 0 Å². The van der Waals surface area contributed by atoms with Crippen molar-refractivity contribution in [3.05, 3.63) is 59.9 Å². The fourth-order valence-electron chi connectivity index (χ4n) is 2.01. The Bertz CT molecular complexity index is 632. The molecule has 0 spiro atoms. The Kier molecular flexibility index (Phi) is 5.36. The highest BCUT2D eigenvalue weighted by Gasteiger charge is 2.13. The van der Waals surface area contributed by atoms with Gasteiger partial charge in [-0.25, -0.2) is 9.18 Å². The molecule has 0 fully saturated rings. The summed E-state index contributed by atoms with van der Waals surface area (Å²) in [6.07, 6.45) is 0. The molecular formula is C17H19FN2O2. The fourth-order valence-corrected chi connectivity index (χ4v) is 2.01.